The second-order valence-corrected chi connectivity index (χ2v) is 4.05. The van der Waals surface area contributed by atoms with Crippen LogP contribution in [0.1, 0.15) is 39.5 Å². The average Bonchev–Trinajstić information content (AvgIpc) is 2.48. The summed E-state index contributed by atoms with van der Waals surface area (Å²) in [6.07, 6.45) is -3.38. The van der Waals surface area contributed by atoms with Gasteiger partial charge in [-0.1, -0.05) is 13.3 Å². The zero-order valence-corrected chi connectivity index (χ0v) is 9.02. The minimum Gasteiger partial charge on any atom is -0.328 e. The molecule has 0 spiro atoms. The van der Waals surface area contributed by atoms with Gasteiger partial charge in [-0.25, -0.2) is 0 Å². The summed E-state index contributed by atoms with van der Waals surface area (Å²) in [5.41, 5.74) is -1.90. The van der Waals surface area contributed by atoms with Crippen molar-refractivity contribution >= 4 is 5.91 Å². The maximum atomic E-state index is 13.0. The minimum absolute atomic E-state index is 0.0100. The van der Waals surface area contributed by atoms with Gasteiger partial charge in [-0.2, -0.15) is 13.2 Å². The summed E-state index contributed by atoms with van der Waals surface area (Å²) >= 11 is 0. The number of carbonyl (C=O) groups is 1. The summed E-state index contributed by atoms with van der Waals surface area (Å²) in [6, 6.07) is 0. The Morgan fingerprint density at radius 3 is 2.47 bits per heavy atom. The Balaban J connectivity index is 3.04. The molecule has 0 aromatic carbocycles. The Hall–Kier alpha value is -0.740. The standard InChI is InChI=1S/C10H16F3NO/c1-3-5-9(10(11,12)13)6-4-7-14(9)8(2)15/h3-7H2,1-2H3/t9-/m0/s1. The number of hydrogen-bond donors (Lipinski definition) is 0. The number of alkyl halides is 3. The Labute approximate surface area is 87.4 Å². The van der Waals surface area contributed by atoms with E-state index in [-0.39, 0.29) is 19.4 Å². The molecule has 0 unspecified atom stereocenters. The van der Waals surface area contributed by atoms with Crippen LogP contribution >= 0.6 is 0 Å². The fraction of sp³-hybridized carbons (Fsp3) is 0.900. The van der Waals surface area contributed by atoms with Gasteiger partial charge < -0.3 is 4.90 Å². The Kier molecular flexibility index (Phi) is 3.31. The zero-order chi connectivity index (χ0) is 11.7. The van der Waals surface area contributed by atoms with Crippen LogP contribution < -0.4 is 0 Å². The summed E-state index contributed by atoms with van der Waals surface area (Å²) in [7, 11) is 0. The van der Waals surface area contributed by atoms with Crippen LogP contribution in [0.4, 0.5) is 13.2 Å². The third kappa shape index (κ3) is 1.96. The van der Waals surface area contributed by atoms with E-state index in [4.69, 9.17) is 0 Å². The molecule has 1 rings (SSSR count). The number of nitrogens with zero attached hydrogens (tertiary/aromatic N) is 1. The third-order valence-electron chi connectivity index (χ3n) is 3.06. The fourth-order valence-electron chi connectivity index (χ4n) is 2.45. The van der Waals surface area contributed by atoms with Crippen molar-refractivity contribution in [1.82, 2.24) is 4.90 Å². The summed E-state index contributed by atoms with van der Waals surface area (Å²) < 4.78 is 39.1. The van der Waals surface area contributed by atoms with Gasteiger partial charge in [0.1, 0.15) is 5.54 Å². The first-order chi connectivity index (χ1) is 6.85. The molecule has 1 aliphatic rings. The van der Waals surface area contributed by atoms with Gasteiger partial charge in [-0.15, -0.1) is 0 Å². The number of halogens is 3. The van der Waals surface area contributed by atoms with E-state index in [0.29, 0.717) is 12.8 Å². The van der Waals surface area contributed by atoms with Gasteiger partial charge in [0.15, 0.2) is 0 Å². The van der Waals surface area contributed by atoms with E-state index < -0.39 is 17.6 Å². The first-order valence-corrected chi connectivity index (χ1v) is 5.20. The molecule has 5 heteroatoms. The topological polar surface area (TPSA) is 20.3 Å². The van der Waals surface area contributed by atoms with Crippen molar-refractivity contribution in [2.24, 2.45) is 0 Å². The summed E-state index contributed by atoms with van der Waals surface area (Å²) in [5.74, 6) is -0.474. The molecule has 0 N–H and O–H groups in total. The molecule has 0 radical (unpaired) electrons. The van der Waals surface area contributed by atoms with Crippen LogP contribution in [0.5, 0.6) is 0 Å². The van der Waals surface area contributed by atoms with E-state index in [9.17, 15) is 18.0 Å². The van der Waals surface area contributed by atoms with Crippen LogP contribution in [-0.4, -0.2) is 29.1 Å². The van der Waals surface area contributed by atoms with Crippen LogP contribution in [0.2, 0.25) is 0 Å². The highest BCUT2D eigenvalue weighted by Gasteiger charge is 2.60. The molecule has 1 amide bonds. The molecule has 1 saturated heterocycles. The van der Waals surface area contributed by atoms with Gasteiger partial charge in [-0.05, 0) is 19.3 Å². The molecule has 2 nitrogen and oxygen atoms in total. The lowest BCUT2D eigenvalue weighted by Gasteiger charge is -2.39. The minimum atomic E-state index is -4.31. The summed E-state index contributed by atoms with van der Waals surface area (Å²) in [4.78, 5) is 12.2. The number of carbonyl (C=O) groups excluding carboxylic acids is 1. The second-order valence-electron chi connectivity index (χ2n) is 4.05. The van der Waals surface area contributed by atoms with Crippen LogP contribution in [0.15, 0.2) is 0 Å². The molecular weight excluding hydrogens is 207 g/mol. The molecule has 88 valence electrons. The number of likely N-dealkylation sites (tertiary alicyclic amines) is 1. The van der Waals surface area contributed by atoms with Crippen molar-refractivity contribution in [2.45, 2.75) is 51.2 Å². The monoisotopic (exact) mass is 223 g/mol. The van der Waals surface area contributed by atoms with E-state index in [1.165, 1.54) is 6.92 Å². The maximum absolute atomic E-state index is 13.0. The fourth-order valence-corrected chi connectivity index (χ4v) is 2.45. The molecule has 0 aromatic rings. The highest BCUT2D eigenvalue weighted by molar-refractivity contribution is 5.74. The second kappa shape index (κ2) is 4.02. The smallest absolute Gasteiger partial charge is 0.328 e. The van der Waals surface area contributed by atoms with E-state index in [1.807, 2.05) is 0 Å². The molecule has 0 saturated carbocycles. The Bertz CT molecular complexity index is 252. The molecular formula is C10H16F3NO. The van der Waals surface area contributed by atoms with Gasteiger partial charge >= 0.3 is 6.18 Å². The quantitative estimate of drug-likeness (QED) is 0.704. The van der Waals surface area contributed by atoms with E-state index in [1.54, 1.807) is 6.92 Å². The lowest BCUT2D eigenvalue weighted by atomic mass is 9.89. The predicted octanol–water partition coefficient (Wildman–Crippen LogP) is 2.73. The highest BCUT2D eigenvalue weighted by atomic mass is 19.4. The molecule has 0 aliphatic carbocycles. The van der Waals surface area contributed by atoms with Crippen molar-refractivity contribution < 1.29 is 18.0 Å². The Morgan fingerprint density at radius 1 is 1.47 bits per heavy atom. The lowest BCUT2D eigenvalue weighted by Crippen LogP contribution is -2.56. The van der Waals surface area contributed by atoms with Crippen LogP contribution in [0, 0.1) is 0 Å². The van der Waals surface area contributed by atoms with Gasteiger partial charge in [0.05, 0.1) is 0 Å². The van der Waals surface area contributed by atoms with Crippen molar-refractivity contribution in [3.8, 4) is 0 Å². The average molecular weight is 223 g/mol. The van der Waals surface area contributed by atoms with Crippen LogP contribution in [-0.2, 0) is 4.79 Å². The van der Waals surface area contributed by atoms with Crippen molar-refractivity contribution in [1.29, 1.82) is 0 Å². The first kappa shape index (κ1) is 12.3. The van der Waals surface area contributed by atoms with Crippen molar-refractivity contribution in [3.05, 3.63) is 0 Å². The molecule has 1 fully saturated rings. The molecule has 1 aliphatic heterocycles. The molecule has 15 heavy (non-hydrogen) atoms. The van der Waals surface area contributed by atoms with Gasteiger partial charge in [0, 0.05) is 13.5 Å². The van der Waals surface area contributed by atoms with E-state index in [2.05, 4.69) is 0 Å². The molecule has 0 bridgehead atoms. The SMILES string of the molecule is CCC[C@@]1(C(F)(F)F)CCCN1C(C)=O. The van der Waals surface area contributed by atoms with Crippen molar-refractivity contribution in [3.63, 3.8) is 0 Å². The Morgan fingerprint density at radius 2 is 2.07 bits per heavy atom. The third-order valence-corrected chi connectivity index (χ3v) is 3.06. The van der Waals surface area contributed by atoms with Crippen LogP contribution in [0.25, 0.3) is 0 Å². The molecule has 0 aromatic heterocycles. The van der Waals surface area contributed by atoms with Gasteiger partial charge in [-0.3, -0.25) is 4.79 Å². The lowest BCUT2D eigenvalue weighted by molar-refractivity contribution is -0.225. The largest absolute Gasteiger partial charge is 0.411 e. The number of amides is 1. The summed E-state index contributed by atoms with van der Waals surface area (Å²) in [5, 5.41) is 0. The number of hydrogen-bond acceptors (Lipinski definition) is 1. The van der Waals surface area contributed by atoms with Crippen molar-refractivity contribution in [2.75, 3.05) is 6.54 Å². The molecule has 1 atom stereocenters. The first-order valence-electron chi connectivity index (χ1n) is 5.20. The maximum Gasteiger partial charge on any atom is 0.411 e. The highest BCUT2D eigenvalue weighted by Crippen LogP contribution is 2.46. The van der Waals surface area contributed by atoms with Gasteiger partial charge in [0.2, 0.25) is 5.91 Å². The van der Waals surface area contributed by atoms with E-state index in [0.717, 1.165) is 4.90 Å². The molecule has 1 heterocycles. The summed E-state index contributed by atoms with van der Waals surface area (Å²) in [6.45, 7) is 3.15. The number of rotatable bonds is 2. The zero-order valence-electron chi connectivity index (χ0n) is 9.02. The van der Waals surface area contributed by atoms with Crippen LogP contribution in [0.3, 0.4) is 0 Å². The van der Waals surface area contributed by atoms with E-state index >= 15 is 0 Å². The normalized spacial score (nSPS) is 27.1. The van der Waals surface area contributed by atoms with Gasteiger partial charge in [0.25, 0.3) is 0 Å². The predicted molar refractivity (Wildman–Crippen MR) is 50.3 cm³/mol.